The van der Waals surface area contributed by atoms with Crippen LogP contribution in [0.5, 0.6) is 11.5 Å². The zero-order chi connectivity index (χ0) is 18.7. The molecule has 7 nitrogen and oxygen atoms in total. The maximum Gasteiger partial charge on any atom is 0.409 e. The van der Waals surface area contributed by atoms with E-state index in [4.69, 9.17) is 14.2 Å². The molecule has 7 heteroatoms. The van der Waals surface area contributed by atoms with Gasteiger partial charge in [-0.2, -0.15) is 0 Å². The van der Waals surface area contributed by atoms with Gasteiger partial charge in [0.05, 0.1) is 26.2 Å². The van der Waals surface area contributed by atoms with Crippen LogP contribution in [0.4, 0.5) is 4.79 Å². The van der Waals surface area contributed by atoms with Gasteiger partial charge < -0.3 is 24.2 Å². The van der Waals surface area contributed by atoms with Crippen molar-refractivity contribution < 1.29 is 28.9 Å². The Morgan fingerprint density at radius 2 is 1.85 bits per heavy atom. The molecule has 0 bridgehead atoms. The van der Waals surface area contributed by atoms with Crippen molar-refractivity contribution in [1.29, 1.82) is 0 Å². The maximum atomic E-state index is 11.8. The number of rotatable bonds is 5. The summed E-state index contributed by atoms with van der Waals surface area (Å²) in [7, 11) is 2.89. The Kier molecular flexibility index (Phi) is 5.54. The number of benzene rings is 1. The van der Waals surface area contributed by atoms with Crippen LogP contribution in [0.2, 0.25) is 0 Å². The van der Waals surface area contributed by atoms with Crippen LogP contribution in [0.15, 0.2) is 18.2 Å². The fraction of sp³-hybridized carbons (Fsp3) is 0.579. The van der Waals surface area contributed by atoms with Crippen molar-refractivity contribution in [3.8, 4) is 11.5 Å². The number of nitrogens with zero attached hydrogens (tertiary/aromatic N) is 1. The van der Waals surface area contributed by atoms with Gasteiger partial charge in [0.1, 0.15) is 0 Å². The monoisotopic (exact) mass is 363 g/mol. The second-order valence-corrected chi connectivity index (χ2v) is 6.86. The fourth-order valence-corrected chi connectivity index (χ4v) is 3.87. The van der Waals surface area contributed by atoms with E-state index in [0.717, 1.165) is 31.2 Å². The first-order valence-corrected chi connectivity index (χ1v) is 8.93. The van der Waals surface area contributed by atoms with E-state index in [9.17, 15) is 14.7 Å². The lowest BCUT2D eigenvalue weighted by molar-refractivity contribution is -0.141. The van der Waals surface area contributed by atoms with Crippen molar-refractivity contribution in [2.24, 2.45) is 5.92 Å². The van der Waals surface area contributed by atoms with Gasteiger partial charge in [-0.25, -0.2) is 4.79 Å². The molecule has 142 valence electrons. The molecule has 2 aliphatic rings. The number of amides is 1. The van der Waals surface area contributed by atoms with Crippen LogP contribution in [-0.4, -0.2) is 55.5 Å². The van der Waals surface area contributed by atoms with Crippen LogP contribution in [0.25, 0.3) is 0 Å². The summed E-state index contributed by atoms with van der Waals surface area (Å²) in [6, 6.07) is 5.51. The maximum absolute atomic E-state index is 11.8. The van der Waals surface area contributed by atoms with Crippen molar-refractivity contribution in [2.75, 3.05) is 27.3 Å². The van der Waals surface area contributed by atoms with E-state index in [0.29, 0.717) is 18.0 Å². The predicted molar refractivity (Wildman–Crippen MR) is 93.7 cm³/mol. The summed E-state index contributed by atoms with van der Waals surface area (Å²) in [5.74, 6) is -0.645. The second-order valence-electron chi connectivity index (χ2n) is 6.86. The van der Waals surface area contributed by atoms with Gasteiger partial charge >= 0.3 is 12.1 Å². The Bertz CT molecular complexity index is 670. The molecule has 2 fully saturated rings. The first-order chi connectivity index (χ1) is 12.5. The molecule has 1 saturated carbocycles. The third kappa shape index (κ3) is 3.71. The van der Waals surface area contributed by atoms with E-state index in [-0.39, 0.29) is 18.6 Å². The lowest BCUT2D eigenvalue weighted by Crippen LogP contribution is -2.29. The molecule has 1 unspecified atom stereocenters. The molecule has 1 aliphatic heterocycles. The normalized spacial score (nSPS) is 23.1. The van der Waals surface area contributed by atoms with Crippen molar-refractivity contribution >= 4 is 12.1 Å². The molecular weight excluding hydrogens is 338 g/mol. The molecule has 1 aromatic carbocycles. The van der Waals surface area contributed by atoms with Gasteiger partial charge in [0.15, 0.2) is 11.5 Å². The molecule has 1 amide bonds. The van der Waals surface area contributed by atoms with E-state index in [1.165, 1.54) is 12.0 Å². The summed E-state index contributed by atoms with van der Waals surface area (Å²) >= 11 is 0. The van der Waals surface area contributed by atoms with Crippen LogP contribution in [0.3, 0.4) is 0 Å². The van der Waals surface area contributed by atoms with Gasteiger partial charge in [-0.05, 0) is 43.4 Å². The number of likely N-dealkylation sites (tertiary alicyclic amines) is 1. The van der Waals surface area contributed by atoms with Crippen LogP contribution >= 0.6 is 0 Å². The highest BCUT2D eigenvalue weighted by Crippen LogP contribution is 2.39. The largest absolute Gasteiger partial charge is 0.493 e. The van der Waals surface area contributed by atoms with E-state index >= 15 is 0 Å². The minimum absolute atomic E-state index is 0.136. The summed E-state index contributed by atoms with van der Waals surface area (Å²) in [5.41, 5.74) is 0.831. The number of carboxylic acids is 1. The van der Waals surface area contributed by atoms with Gasteiger partial charge in [-0.3, -0.25) is 4.79 Å². The number of hydrogen-bond acceptors (Lipinski definition) is 5. The van der Waals surface area contributed by atoms with Gasteiger partial charge in [-0.15, -0.1) is 0 Å². The number of carbonyl (C=O) groups is 2. The van der Waals surface area contributed by atoms with Crippen molar-refractivity contribution in [3.63, 3.8) is 0 Å². The van der Waals surface area contributed by atoms with Crippen molar-refractivity contribution in [3.05, 3.63) is 23.8 Å². The molecule has 0 aromatic heterocycles. The molecule has 1 heterocycles. The molecule has 0 spiro atoms. The first kappa shape index (κ1) is 18.4. The number of aliphatic carboxylic acids is 1. The summed E-state index contributed by atoms with van der Waals surface area (Å²) < 4.78 is 16.3. The molecule has 1 saturated heterocycles. The highest BCUT2D eigenvalue weighted by molar-refractivity contribution is 5.75. The number of carbonyl (C=O) groups excluding carboxylic acids is 1. The predicted octanol–water partition coefficient (Wildman–Crippen LogP) is 2.88. The minimum Gasteiger partial charge on any atom is -0.493 e. The lowest BCUT2D eigenvalue weighted by atomic mass is 9.89. The third-order valence-electron chi connectivity index (χ3n) is 5.28. The number of methoxy groups -OCH3 is 2. The average molecular weight is 363 g/mol. The quantitative estimate of drug-likeness (QED) is 0.866. The minimum atomic E-state index is -0.921. The molecule has 26 heavy (non-hydrogen) atoms. The van der Waals surface area contributed by atoms with E-state index < -0.39 is 18.0 Å². The summed E-state index contributed by atoms with van der Waals surface area (Å²) in [6.45, 7) is 0.441. The zero-order valence-corrected chi connectivity index (χ0v) is 15.1. The van der Waals surface area contributed by atoms with Crippen LogP contribution < -0.4 is 9.47 Å². The van der Waals surface area contributed by atoms with Crippen LogP contribution in [-0.2, 0) is 9.53 Å². The Morgan fingerprint density at radius 3 is 2.46 bits per heavy atom. The van der Waals surface area contributed by atoms with Gasteiger partial charge in [0.2, 0.25) is 0 Å². The van der Waals surface area contributed by atoms with Crippen molar-refractivity contribution in [1.82, 2.24) is 4.90 Å². The molecule has 2 atom stereocenters. The molecule has 3 rings (SSSR count). The van der Waals surface area contributed by atoms with Gasteiger partial charge in [-0.1, -0.05) is 6.07 Å². The summed E-state index contributed by atoms with van der Waals surface area (Å²) in [4.78, 5) is 25.0. The van der Waals surface area contributed by atoms with Crippen LogP contribution in [0, 0.1) is 5.92 Å². The fourth-order valence-electron chi connectivity index (χ4n) is 3.87. The molecule has 1 aliphatic carbocycles. The molecule has 1 N–H and O–H groups in total. The molecule has 0 radical (unpaired) electrons. The van der Waals surface area contributed by atoms with E-state index in [2.05, 4.69) is 0 Å². The van der Waals surface area contributed by atoms with Gasteiger partial charge in [0.25, 0.3) is 0 Å². The number of carboxylic acid groups (broad SMARTS) is 1. The van der Waals surface area contributed by atoms with Crippen LogP contribution in [0.1, 0.15) is 37.2 Å². The van der Waals surface area contributed by atoms with E-state index in [1.807, 2.05) is 12.1 Å². The highest BCUT2D eigenvalue weighted by Gasteiger charge is 2.41. The molecular formula is C19H25NO6. The Balaban J connectivity index is 1.86. The first-order valence-electron chi connectivity index (χ1n) is 8.93. The smallest absolute Gasteiger partial charge is 0.409 e. The standard InChI is InChI=1S/C19H25NO6/c1-24-16-8-7-12(9-17(16)26-13-5-3-4-6-13)14-10-20(19(23)25-2)11-15(14)18(21)22/h7-9,13-15H,3-6,10-11H2,1-2H3,(H,21,22)/t14?,15-/m1/s1. The topological polar surface area (TPSA) is 85.3 Å². The SMILES string of the molecule is COC(=O)N1CC(c2ccc(OC)c(OC3CCCC3)c2)[C@H](C(=O)O)C1. The number of ether oxygens (including phenoxy) is 3. The Labute approximate surface area is 152 Å². The number of hydrogen-bond donors (Lipinski definition) is 1. The lowest BCUT2D eigenvalue weighted by Gasteiger charge is -2.20. The summed E-state index contributed by atoms with van der Waals surface area (Å²) in [5, 5.41) is 9.58. The van der Waals surface area contributed by atoms with Crippen molar-refractivity contribution in [2.45, 2.75) is 37.7 Å². The Hall–Kier alpha value is -2.44. The van der Waals surface area contributed by atoms with Gasteiger partial charge in [0, 0.05) is 19.0 Å². The highest BCUT2D eigenvalue weighted by atomic mass is 16.5. The summed E-state index contributed by atoms with van der Waals surface area (Å²) in [6.07, 6.45) is 4.02. The molecule has 1 aromatic rings. The second kappa shape index (κ2) is 7.85. The Morgan fingerprint density at radius 1 is 1.12 bits per heavy atom. The third-order valence-corrected chi connectivity index (χ3v) is 5.28. The average Bonchev–Trinajstić information content (AvgIpc) is 3.30. The zero-order valence-electron chi connectivity index (χ0n) is 15.1. The van der Waals surface area contributed by atoms with E-state index in [1.54, 1.807) is 13.2 Å².